The van der Waals surface area contributed by atoms with Crippen molar-refractivity contribution < 1.29 is 13.2 Å². The van der Waals surface area contributed by atoms with Gasteiger partial charge in [-0.2, -0.15) is 13.2 Å². The lowest BCUT2D eigenvalue weighted by Gasteiger charge is -2.08. The van der Waals surface area contributed by atoms with E-state index in [-0.39, 0.29) is 6.54 Å². The van der Waals surface area contributed by atoms with Gasteiger partial charge in [-0.3, -0.25) is 4.99 Å². The number of guanidine groups is 1. The van der Waals surface area contributed by atoms with Crippen molar-refractivity contribution in [1.29, 1.82) is 0 Å². The standard InChI is InChI=1S/C18H19F3N4S/c1-13-12-25-16(26-13)8-10-24-17(22-2)23-9-4-6-14-5-3-7-15(11-14)18(19,20)21/h3,5,7,11-12H,8-10H2,1-2H3,(H2,22,23,24). The monoisotopic (exact) mass is 380 g/mol. The number of aromatic nitrogens is 1. The highest BCUT2D eigenvalue weighted by Gasteiger charge is 2.30. The molecule has 1 aromatic heterocycles. The average molecular weight is 380 g/mol. The van der Waals surface area contributed by atoms with Gasteiger partial charge in [0, 0.05) is 36.7 Å². The minimum Gasteiger partial charge on any atom is -0.356 e. The molecule has 8 heteroatoms. The fourth-order valence-corrected chi connectivity index (χ4v) is 2.86. The summed E-state index contributed by atoms with van der Waals surface area (Å²) in [4.78, 5) is 9.54. The predicted octanol–water partition coefficient (Wildman–Crippen LogP) is 3.23. The summed E-state index contributed by atoms with van der Waals surface area (Å²) in [5.41, 5.74) is -0.379. The zero-order valence-corrected chi connectivity index (χ0v) is 15.3. The summed E-state index contributed by atoms with van der Waals surface area (Å²) in [5, 5.41) is 7.20. The molecule has 4 nitrogen and oxygen atoms in total. The fourth-order valence-electron chi connectivity index (χ4n) is 2.07. The highest BCUT2D eigenvalue weighted by atomic mass is 32.1. The van der Waals surface area contributed by atoms with Gasteiger partial charge in [-0.25, -0.2) is 4.98 Å². The van der Waals surface area contributed by atoms with Crippen molar-refractivity contribution in [3.8, 4) is 11.8 Å². The van der Waals surface area contributed by atoms with Crippen molar-refractivity contribution in [2.24, 2.45) is 4.99 Å². The van der Waals surface area contributed by atoms with Crippen molar-refractivity contribution in [3.05, 3.63) is 51.5 Å². The van der Waals surface area contributed by atoms with Gasteiger partial charge in [0.15, 0.2) is 5.96 Å². The summed E-state index contributed by atoms with van der Waals surface area (Å²) in [6.45, 7) is 2.96. The Balaban J connectivity index is 1.80. The lowest BCUT2D eigenvalue weighted by atomic mass is 10.1. The Kier molecular flexibility index (Phi) is 7.04. The first-order chi connectivity index (χ1) is 12.4. The van der Waals surface area contributed by atoms with Gasteiger partial charge in [-0.15, -0.1) is 11.3 Å². The Morgan fingerprint density at radius 2 is 2.12 bits per heavy atom. The summed E-state index contributed by atoms with van der Waals surface area (Å²) in [7, 11) is 1.64. The SMILES string of the molecule is CN=C(NCC#Cc1cccc(C(F)(F)F)c1)NCCc1ncc(C)s1. The van der Waals surface area contributed by atoms with Crippen LogP contribution in [0.2, 0.25) is 0 Å². The van der Waals surface area contributed by atoms with Crippen LogP contribution in [-0.2, 0) is 12.6 Å². The van der Waals surface area contributed by atoms with Gasteiger partial charge < -0.3 is 10.6 Å². The Hall–Kier alpha value is -2.53. The van der Waals surface area contributed by atoms with E-state index >= 15 is 0 Å². The first-order valence-corrected chi connectivity index (χ1v) is 8.72. The zero-order chi connectivity index (χ0) is 19.0. The number of benzene rings is 1. The number of rotatable bonds is 4. The number of hydrogen-bond acceptors (Lipinski definition) is 3. The molecule has 0 saturated carbocycles. The molecule has 2 N–H and O–H groups in total. The molecule has 1 heterocycles. The minimum absolute atomic E-state index is 0.270. The Labute approximate surface area is 154 Å². The second kappa shape index (κ2) is 9.25. The largest absolute Gasteiger partial charge is 0.416 e. The Bertz CT molecular complexity index is 816. The molecule has 0 bridgehead atoms. The molecular formula is C18H19F3N4S. The van der Waals surface area contributed by atoms with Crippen LogP contribution in [0.5, 0.6) is 0 Å². The third-order valence-electron chi connectivity index (χ3n) is 3.29. The molecule has 0 spiro atoms. The number of aryl methyl sites for hydroxylation is 1. The van der Waals surface area contributed by atoms with E-state index in [4.69, 9.17) is 0 Å². The molecule has 0 radical (unpaired) electrons. The van der Waals surface area contributed by atoms with E-state index in [1.807, 2.05) is 13.1 Å². The quantitative estimate of drug-likeness (QED) is 0.486. The summed E-state index contributed by atoms with van der Waals surface area (Å²) >= 11 is 1.66. The third-order valence-corrected chi connectivity index (χ3v) is 4.26. The maximum Gasteiger partial charge on any atom is 0.416 e. The number of aliphatic imine (C=N–C) groups is 1. The van der Waals surface area contributed by atoms with Crippen LogP contribution in [0.1, 0.15) is 21.0 Å². The zero-order valence-electron chi connectivity index (χ0n) is 14.4. The van der Waals surface area contributed by atoms with E-state index < -0.39 is 11.7 Å². The molecular weight excluding hydrogens is 361 g/mol. The van der Waals surface area contributed by atoms with Crippen LogP contribution >= 0.6 is 11.3 Å². The van der Waals surface area contributed by atoms with Gasteiger partial charge >= 0.3 is 6.18 Å². The van der Waals surface area contributed by atoms with Crippen LogP contribution in [0.15, 0.2) is 35.5 Å². The molecule has 2 aromatic rings. The van der Waals surface area contributed by atoms with Gasteiger partial charge in [0.05, 0.1) is 17.1 Å². The van der Waals surface area contributed by atoms with Crippen molar-refractivity contribution in [3.63, 3.8) is 0 Å². The van der Waals surface area contributed by atoms with E-state index in [2.05, 4.69) is 32.5 Å². The van der Waals surface area contributed by atoms with Crippen molar-refractivity contribution in [2.45, 2.75) is 19.5 Å². The number of nitrogens with one attached hydrogen (secondary N) is 2. The van der Waals surface area contributed by atoms with Crippen LogP contribution < -0.4 is 10.6 Å². The second-order valence-corrected chi connectivity index (χ2v) is 6.67. The summed E-state index contributed by atoms with van der Waals surface area (Å²) in [6.07, 6.45) is -1.73. The van der Waals surface area contributed by atoms with Crippen LogP contribution in [-0.4, -0.2) is 31.1 Å². The molecule has 0 aliphatic rings. The predicted molar refractivity (Wildman–Crippen MR) is 98.2 cm³/mol. The number of hydrogen-bond donors (Lipinski definition) is 2. The number of alkyl halides is 3. The minimum atomic E-state index is -4.36. The van der Waals surface area contributed by atoms with Gasteiger partial charge in [0.2, 0.25) is 0 Å². The third kappa shape index (κ3) is 6.41. The average Bonchev–Trinajstić information content (AvgIpc) is 3.02. The normalized spacial score (nSPS) is 11.7. The molecule has 138 valence electrons. The smallest absolute Gasteiger partial charge is 0.356 e. The highest BCUT2D eigenvalue weighted by Crippen LogP contribution is 2.29. The number of nitrogens with zero attached hydrogens (tertiary/aromatic N) is 2. The molecule has 2 rings (SSSR count). The van der Waals surface area contributed by atoms with E-state index in [1.165, 1.54) is 10.9 Å². The maximum absolute atomic E-state index is 12.7. The number of halogens is 3. The number of thiazole rings is 1. The van der Waals surface area contributed by atoms with E-state index in [0.717, 1.165) is 23.6 Å². The molecule has 0 amide bonds. The summed E-state index contributed by atoms with van der Waals surface area (Å²) < 4.78 is 38.0. The Morgan fingerprint density at radius 1 is 1.31 bits per heavy atom. The van der Waals surface area contributed by atoms with Crippen LogP contribution in [0.3, 0.4) is 0 Å². The highest BCUT2D eigenvalue weighted by molar-refractivity contribution is 7.11. The summed E-state index contributed by atoms with van der Waals surface area (Å²) in [5.74, 6) is 6.09. The second-order valence-electron chi connectivity index (χ2n) is 5.35. The van der Waals surface area contributed by atoms with Gasteiger partial charge in [-0.1, -0.05) is 17.9 Å². The molecule has 26 heavy (non-hydrogen) atoms. The molecule has 0 aliphatic carbocycles. The van der Waals surface area contributed by atoms with Crippen molar-refractivity contribution in [2.75, 3.05) is 20.1 Å². The molecule has 0 aliphatic heterocycles. The summed E-state index contributed by atoms with van der Waals surface area (Å²) in [6, 6.07) is 4.96. The first-order valence-electron chi connectivity index (χ1n) is 7.90. The maximum atomic E-state index is 12.7. The molecule has 0 unspecified atom stereocenters. The lowest BCUT2D eigenvalue weighted by molar-refractivity contribution is -0.137. The van der Waals surface area contributed by atoms with E-state index in [0.29, 0.717) is 18.1 Å². The lowest BCUT2D eigenvalue weighted by Crippen LogP contribution is -2.38. The van der Waals surface area contributed by atoms with Gasteiger partial charge in [0.1, 0.15) is 0 Å². The first kappa shape index (κ1) is 19.8. The molecule has 0 saturated heterocycles. The van der Waals surface area contributed by atoms with Crippen LogP contribution in [0, 0.1) is 18.8 Å². The fraction of sp³-hybridized carbons (Fsp3) is 0.333. The van der Waals surface area contributed by atoms with E-state index in [9.17, 15) is 13.2 Å². The van der Waals surface area contributed by atoms with Crippen LogP contribution in [0.4, 0.5) is 13.2 Å². The van der Waals surface area contributed by atoms with E-state index in [1.54, 1.807) is 24.5 Å². The molecule has 0 fully saturated rings. The molecule has 1 aromatic carbocycles. The van der Waals surface area contributed by atoms with Gasteiger partial charge in [-0.05, 0) is 25.1 Å². The molecule has 0 atom stereocenters. The Morgan fingerprint density at radius 3 is 2.77 bits per heavy atom. The van der Waals surface area contributed by atoms with Crippen molar-refractivity contribution in [1.82, 2.24) is 15.6 Å². The van der Waals surface area contributed by atoms with Crippen LogP contribution in [0.25, 0.3) is 0 Å². The topological polar surface area (TPSA) is 49.3 Å². The van der Waals surface area contributed by atoms with Gasteiger partial charge in [0.25, 0.3) is 0 Å². The van der Waals surface area contributed by atoms with Crippen molar-refractivity contribution >= 4 is 17.3 Å².